The maximum absolute atomic E-state index is 12.4. The highest BCUT2D eigenvalue weighted by atomic mass is 35.5. The van der Waals surface area contributed by atoms with Gasteiger partial charge in [0.1, 0.15) is 18.1 Å². The number of carboxylic acids is 1. The summed E-state index contributed by atoms with van der Waals surface area (Å²) in [7, 11) is 1.26. The molecule has 0 fully saturated rings. The summed E-state index contributed by atoms with van der Waals surface area (Å²) in [6.07, 6.45) is 0.103. The van der Waals surface area contributed by atoms with Crippen molar-refractivity contribution in [1.29, 1.82) is 0 Å². The van der Waals surface area contributed by atoms with Gasteiger partial charge in [0, 0.05) is 11.3 Å². The molecule has 4 rings (SSSR count). The lowest BCUT2D eigenvalue weighted by Gasteiger charge is -2.28. The molecule has 2 atom stereocenters. The van der Waals surface area contributed by atoms with Gasteiger partial charge in [0.2, 0.25) is 0 Å². The molecule has 0 saturated carbocycles. The molecule has 1 aliphatic heterocycles. The molecule has 1 aliphatic rings. The molecule has 0 bridgehead atoms. The van der Waals surface area contributed by atoms with Gasteiger partial charge in [-0.3, -0.25) is 5.43 Å². The summed E-state index contributed by atoms with van der Waals surface area (Å²) in [6.45, 7) is 3.48. The van der Waals surface area contributed by atoms with E-state index < -0.39 is 30.2 Å². The van der Waals surface area contributed by atoms with Gasteiger partial charge in [-0.05, 0) is 61.9 Å². The number of urea groups is 1. The molecule has 2 aromatic carbocycles. The number of carbonyl (C=O) groups excluding carboxylic acids is 2. The summed E-state index contributed by atoms with van der Waals surface area (Å²) in [4.78, 5) is 35.8. The lowest BCUT2D eigenvalue weighted by Crippen LogP contribution is -2.45. The van der Waals surface area contributed by atoms with E-state index in [1.807, 2.05) is 0 Å². The number of aromatic carboxylic acids is 1. The number of furan rings is 1. The van der Waals surface area contributed by atoms with Crippen LogP contribution < -0.4 is 25.5 Å². The highest BCUT2D eigenvalue weighted by molar-refractivity contribution is 6.33. The van der Waals surface area contributed by atoms with E-state index in [4.69, 9.17) is 30.2 Å². The van der Waals surface area contributed by atoms with E-state index in [0.717, 1.165) is 0 Å². The zero-order chi connectivity index (χ0) is 31.1. The van der Waals surface area contributed by atoms with Gasteiger partial charge >= 0.3 is 18.0 Å². The molecule has 1 aromatic heterocycles. The molecule has 43 heavy (non-hydrogen) atoms. The monoisotopic (exact) mass is 612 g/mol. The number of carboxylic acid groups (broad SMARTS) is 1. The normalized spacial score (nSPS) is 15.5. The Kier molecular flexibility index (Phi) is 9.91. The number of aliphatic hydroxyl groups is 1. The molecule has 226 valence electrons. The molecular formula is C29H29ClN4O9. The van der Waals surface area contributed by atoms with E-state index in [0.29, 0.717) is 51.5 Å². The third-order valence-electron chi connectivity index (χ3n) is 6.19. The maximum Gasteiger partial charge on any atom is 0.337 e. The van der Waals surface area contributed by atoms with Crippen LogP contribution >= 0.6 is 11.6 Å². The number of benzene rings is 2. The summed E-state index contributed by atoms with van der Waals surface area (Å²) in [6, 6.07) is 11.1. The van der Waals surface area contributed by atoms with Gasteiger partial charge in [-0.2, -0.15) is 5.10 Å². The molecular weight excluding hydrogens is 584 g/mol. The Hall–Kier alpha value is -5.01. The SMILES string of the molecule is CCOc1cc([C@@H]2NC(=O)NC(C)=C2C(=O)OC)ccc1OC[C@@H](O)N/N=C\c1ccc(-c2cc(C(=O)O)ccc2Cl)o1. The third kappa shape index (κ3) is 7.45. The van der Waals surface area contributed by atoms with E-state index in [1.165, 1.54) is 31.5 Å². The van der Waals surface area contributed by atoms with Gasteiger partial charge < -0.3 is 39.5 Å². The fourth-order valence-electron chi connectivity index (χ4n) is 4.22. The number of esters is 1. The highest BCUT2D eigenvalue weighted by Gasteiger charge is 2.32. The van der Waals surface area contributed by atoms with Crippen molar-refractivity contribution in [2.45, 2.75) is 26.1 Å². The average Bonchev–Trinajstić information content (AvgIpc) is 3.44. The van der Waals surface area contributed by atoms with Crippen LogP contribution in [0.4, 0.5) is 4.79 Å². The number of nitrogens with one attached hydrogen (secondary N) is 3. The van der Waals surface area contributed by atoms with Crippen molar-refractivity contribution >= 4 is 35.8 Å². The molecule has 2 heterocycles. The van der Waals surface area contributed by atoms with Crippen LogP contribution in [0.2, 0.25) is 5.02 Å². The number of ether oxygens (including phenoxy) is 3. The molecule has 0 unspecified atom stereocenters. The van der Waals surface area contributed by atoms with Gasteiger partial charge in [0.15, 0.2) is 17.7 Å². The number of hydrogen-bond acceptors (Lipinski definition) is 10. The highest BCUT2D eigenvalue weighted by Crippen LogP contribution is 2.35. The van der Waals surface area contributed by atoms with Crippen LogP contribution in [-0.4, -0.2) is 60.9 Å². The van der Waals surface area contributed by atoms with E-state index in [2.05, 4.69) is 21.2 Å². The van der Waals surface area contributed by atoms with E-state index >= 15 is 0 Å². The Balaban J connectivity index is 1.40. The molecule has 0 saturated heterocycles. The van der Waals surface area contributed by atoms with Crippen molar-refractivity contribution in [3.8, 4) is 22.8 Å². The second-order valence-electron chi connectivity index (χ2n) is 9.12. The molecule has 14 heteroatoms. The largest absolute Gasteiger partial charge is 0.490 e. The summed E-state index contributed by atoms with van der Waals surface area (Å²) in [5.74, 6) is -0.372. The zero-order valence-electron chi connectivity index (χ0n) is 23.3. The van der Waals surface area contributed by atoms with Crippen molar-refractivity contribution in [3.05, 3.63) is 81.7 Å². The summed E-state index contributed by atoms with van der Waals surface area (Å²) in [5, 5.41) is 29.1. The molecule has 0 aliphatic carbocycles. The summed E-state index contributed by atoms with van der Waals surface area (Å²) in [5.41, 5.74) is 4.17. The number of rotatable bonds is 12. The molecule has 13 nitrogen and oxygen atoms in total. The van der Waals surface area contributed by atoms with E-state index in [9.17, 15) is 24.6 Å². The minimum atomic E-state index is -1.22. The van der Waals surface area contributed by atoms with Gasteiger partial charge in [0.05, 0.1) is 42.1 Å². The number of allylic oxidation sites excluding steroid dienone is 1. The lowest BCUT2D eigenvalue weighted by atomic mass is 9.95. The van der Waals surface area contributed by atoms with Crippen molar-refractivity contribution < 1.29 is 43.2 Å². The van der Waals surface area contributed by atoms with Crippen LogP contribution in [-0.2, 0) is 9.53 Å². The number of hydrogen-bond donors (Lipinski definition) is 5. The first-order valence-corrected chi connectivity index (χ1v) is 13.3. The van der Waals surface area contributed by atoms with Crippen LogP contribution in [0.3, 0.4) is 0 Å². The van der Waals surface area contributed by atoms with Crippen molar-refractivity contribution in [1.82, 2.24) is 16.1 Å². The standard InChI is InChI=1S/C29H29ClN4O9/c1-4-41-23-12-16(26-25(28(38)40-3)15(2)32-29(39)33-26)6-9-22(23)42-14-24(35)34-31-13-18-7-10-21(43-18)19-11-17(27(36)37)5-8-20(19)30/h5-13,24,26,34-35H,4,14H2,1-3H3,(H,36,37)(H2,32,33,39)/b31-13-/t24-,26+/m1/s1. The number of hydrazone groups is 1. The summed E-state index contributed by atoms with van der Waals surface area (Å²) >= 11 is 6.20. The average molecular weight is 613 g/mol. The Labute approximate surface area is 251 Å². The fourth-order valence-corrected chi connectivity index (χ4v) is 4.43. The molecule has 3 aromatic rings. The quantitative estimate of drug-likeness (QED) is 0.0873. The van der Waals surface area contributed by atoms with Crippen LogP contribution in [0.25, 0.3) is 11.3 Å². The van der Waals surface area contributed by atoms with Gasteiger partial charge in [0.25, 0.3) is 0 Å². The van der Waals surface area contributed by atoms with E-state index in [-0.39, 0.29) is 17.7 Å². The van der Waals surface area contributed by atoms with Crippen molar-refractivity contribution in [2.75, 3.05) is 20.3 Å². The predicted octanol–water partition coefficient (Wildman–Crippen LogP) is 3.82. The number of amides is 2. The van der Waals surface area contributed by atoms with Gasteiger partial charge in [-0.1, -0.05) is 17.7 Å². The number of aliphatic hydroxyl groups excluding tert-OH is 1. The molecule has 0 radical (unpaired) electrons. The predicted molar refractivity (Wildman–Crippen MR) is 155 cm³/mol. The van der Waals surface area contributed by atoms with Gasteiger partial charge in [-0.15, -0.1) is 0 Å². The molecule has 2 amide bonds. The van der Waals surface area contributed by atoms with Gasteiger partial charge in [-0.25, -0.2) is 14.4 Å². The van der Waals surface area contributed by atoms with E-state index in [1.54, 1.807) is 44.2 Å². The van der Waals surface area contributed by atoms with Crippen molar-refractivity contribution in [2.24, 2.45) is 5.10 Å². The fraction of sp³-hybridized carbons (Fsp3) is 0.241. The summed E-state index contributed by atoms with van der Waals surface area (Å²) < 4.78 is 22.0. The molecule has 0 spiro atoms. The topological polar surface area (TPSA) is 181 Å². The number of methoxy groups -OCH3 is 1. The first kappa shape index (κ1) is 30.9. The van der Waals surface area contributed by atoms with Crippen LogP contribution in [0.1, 0.15) is 41.6 Å². The van der Waals surface area contributed by atoms with Crippen LogP contribution in [0.5, 0.6) is 11.5 Å². The Bertz CT molecular complexity index is 1580. The Morgan fingerprint density at radius 1 is 1.16 bits per heavy atom. The minimum Gasteiger partial charge on any atom is -0.490 e. The second kappa shape index (κ2) is 13.8. The maximum atomic E-state index is 12.4. The first-order chi connectivity index (χ1) is 20.6. The zero-order valence-corrected chi connectivity index (χ0v) is 24.1. The van der Waals surface area contributed by atoms with Crippen molar-refractivity contribution in [3.63, 3.8) is 0 Å². The number of halogens is 1. The smallest absolute Gasteiger partial charge is 0.337 e. The minimum absolute atomic E-state index is 0.0638. The second-order valence-corrected chi connectivity index (χ2v) is 9.52. The van der Waals surface area contributed by atoms with Crippen LogP contribution in [0.15, 0.2) is 69.3 Å². The first-order valence-electron chi connectivity index (χ1n) is 13.0. The van der Waals surface area contributed by atoms with Crippen LogP contribution in [0, 0.1) is 0 Å². The Morgan fingerprint density at radius 3 is 2.67 bits per heavy atom. The number of carbonyl (C=O) groups is 3. The third-order valence-corrected chi connectivity index (χ3v) is 6.52. The lowest BCUT2D eigenvalue weighted by molar-refractivity contribution is -0.136. The molecule has 5 N–H and O–H groups in total. The Morgan fingerprint density at radius 2 is 1.95 bits per heavy atom. The number of nitrogens with zero attached hydrogens (tertiary/aromatic N) is 1.